The van der Waals surface area contributed by atoms with Crippen molar-refractivity contribution in [1.29, 1.82) is 5.41 Å². The van der Waals surface area contributed by atoms with Crippen LogP contribution in [-0.2, 0) is 0 Å². The summed E-state index contributed by atoms with van der Waals surface area (Å²) in [7, 11) is 0. The molecule has 0 atom stereocenters. The van der Waals surface area contributed by atoms with Crippen LogP contribution in [0.1, 0.15) is 10.5 Å². The number of carbonyl (C=O) groups is 1. The molecule has 1 fully saturated rings. The van der Waals surface area contributed by atoms with Gasteiger partial charge in [0.2, 0.25) is 0 Å². The summed E-state index contributed by atoms with van der Waals surface area (Å²) in [6.07, 6.45) is 0.698. The molecule has 31 heavy (non-hydrogen) atoms. The third-order valence-corrected chi connectivity index (χ3v) is 5.32. The van der Waals surface area contributed by atoms with Gasteiger partial charge in [0.1, 0.15) is 27.5 Å². The predicted octanol–water partition coefficient (Wildman–Crippen LogP) is 1.72. The van der Waals surface area contributed by atoms with Crippen molar-refractivity contribution < 1.29 is 22.4 Å². The summed E-state index contributed by atoms with van der Waals surface area (Å²) in [5.74, 6) is -5.95. The van der Waals surface area contributed by atoms with E-state index in [-0.39, 0.29) is 40.3 Å². The molecule has 0 unspecified atom stereocenters. The second-order valence-electron chi connectivity index (χ2n) is 6.68. The molecule has 2 aromatic rings. The zero-order valence-electron chi connectivity index (χ0n) is 16.0. The Morgan fingerprint density at radius 1 is 1.35 bits per heavy atom. The number of rotatable bonds is 5. The second kappa shape index (κ2) is 8.89. The summed E-state index contributed by atoms with van der Waals surface area (Å²) in [4.78, 5) is 17.7. The van der Waals surface area contributed by atoms with Gasteiger partial charge in [-0.15, -0.1) is 0 Å². The Morgan fingerprint density at radius 3 is 2.68 bits per heavy atom. The number of anilines is 1. The number of hydrogen-bond donors (Lipinski definition) is 5. The van der Waals surface area contributed by atoms with Crippen LogP contribution in [0.5, 0.6) is 0 Å². The third kappa shape index (κ3) is 4.94. The van der Waals surface area contributed by atoms with Crippen molar-refractivity contribution in [2.75, 3.05) is 31.9 Å². The van der Waals surface area contributed by atoms with Crippen molar-refractivity contribution in [3.05, 3.63) is 47.0 Å². The van der Waals surface area contributed by atoms with Gasteiger partial charge in [0.15, 0.2) is 5.69 Å². The predicted molar refractivity (Wildman–Crippen MR) is 109 cm³/mol. The van der Waals surface area contributed by atoms with Crippen LogP contribution in [0.2, 0.25) is 0 Å². The Balaban J connectivity index is 1.87. The molecular formula is C18H19F4N7OS. The minimum Gasteiger partial charge on any atom is -0.389 e. The average molecular weight is 457 g/mol. The Bertz CT molecular complexity index is 1020. The Labute approximate surface area is 178 Å². The average Bonchev–Trinajstić information content (AvgIpc) is 2.98. The quantitative estimate of drug-likeness (QED) is 0.343. The molecule has 1 aliphatic rings. The van der Waals surface area contributed by atoms with Gasteiger partial charge in [-0.05, 0) is 12.1 Å². The van der Waals surface area contributed by atoms with Crippen molar-refractivity contribution >= 4 is 28.5 Å². The van der Waals surface area contributed by atoms with E-state index in [0.717, 1.165) is 17.0 Å². The van der Waals surface area contributed by atoms with Crippen LogP contribution in [0.25, 0.3) is 10.6 Å². The van der Waals surface area contributed by atoms with Gasteiger partial charge in [-0.25, -0.2) is 22.5 Å². The maximum Gasteiger partial charge on any atom is 0.277 e. The number of carbonyl (C=O) groups excluding carboxylic acids is 1. The number of amides is 1. The molecule has 0 bridgehead atoms. The van der Waals surface area contributed by atoms with E-state index in [1.54, 1.807) is 0 Å². The van der Waals surface area contributed by atoms with Crippen molar-refractivity contribution in [1.82, 2.24) is 20.5 Å². The van der Waals surface area contributed by atoms with Crippen molar-refractivity contribution in [3.63, 3.8) is 0 Å². The molecule has 0 spiro atoms. The molecule has 7 N–H and O–H groups in total. The Hall–Kier alpha value is -3.19. The summed E-state index contributed by atoms with van der Waals surface area (Å²) >= 11 is 0.701. The molecule has 2 heterocycles. The lowest BCUT2D eigenvalue weighted by Gasteiger charge is -2.27. The summed E-state index contributed by atoms with van der Waals surface area (Å²) < 4.78 is 55.7. The molecule has 1 amide bonds. The summed E-state index contributed by atoms with van der Waals surface area (Å²) in [5, 5.41) is 12.1. The molecule has 0 saturated carbocycles. The van der Waals surface area contributed by atoms with E-state index >= 15 is 0 Å². The largest absolute Gasteiger partial charge is 0.389 e. The number of nitrogens with zero attached hydrogens (tertiary/aromatic N) is 2. The number of nitrogens with two attached hydrogens (primary N) is 2. The first-order valence-electron chi connectivity index (χ1n) is 8.98. The molecule has 1 saturated heterocycles. The van der Waals surface area contributed by atoms with E-state index in [4.69, 9.17) is 16.9 Å². The zero-order chi connectivity index (χ0) is 22.8. The molecule has 1 aromatic carbocycles. The normalized spacial score (nSPS) is 17.0. The van der Waals surface area contributed by atoms with Crippen LogP contribution in [0.3, 0.4) is 0 Å². The number of nitrogens with one attached hydrogen (secondary N) is 3. The molecule has 0 radical (unpaired) electrons. The SMILES string of the molecule is N=C/C(NC(=O)c1nc(-c2c(F)cccc2F)sc1N)=C(\N)N1CCNCC(F)(F)C1. The summed E-state index contributed by atoms with van der Waals surface area (Å²) in [5.41, 5.74) is 10.7. The highest BCUT2D eigenvalue weighted by Crippen LogP contribution is 2.33. The van der Waals surface area contributed by atoms with Gasteiger partial charge >= 0.3 is 0 Å². The van der Waals surface area contributed by atoms with Crippen LogP contribution >= 0.6 is 11.3 Å². The van der Waals surface area contributed by atoms with Crippen LogP contribution in [0, 0.1) is 17.0 Å². The zero-order valence-corrected chi connectivity index (χ0v) is 16.8. The standard InChI is InChI=1S/C18H19F4N7OS/c19-9-2-1-3-10(20)12(9)17-28-13(15(25)31-17)16(30)27-11(6-23)14(24)29-5-4-26-7-18(21,22)8-29/h1-3,6,23,26H,4-5,7-8,24-25H2,(H,27,30)/b14-11-,23-6?. The minimum absolute atomic E-state index is 0.122. The Morgan fingerprint density at radius 2 is 2.03 bits per heavy atom. The number of alkyl halides is 2. The number of halogens is 4. The summed E-state index contributed by atoms with van der Waals surface area (Å²) in [6.45, 7) is -0.862. The number of aromatic nitrogens is 1. The number of thiazole rings is 1. The van der Waals surface area contributed by atoms with Crippen LogP contribution in [-0.4, -0.2) is 54.1 Å². The van der Waals surface area contributed by atoms with E-state index in [9.17, 15) is 22.4 Å². The third-order valence-electron chi connectivity index (χ3n) is 4.42. The highest BCUT2D eigenvalue weighted by molar-refractivity contribution is 7.19. The topological polar surface area (TPSA) is 133 Å². The lowest BCUT2D eigenvalue weighted by Crippen LogP contribution is -2.42. The molecule has 13 heteroatoms. The maximum atomic E-state index is 14.0. The van der Waals surface area contributed by atoms with Gasteiger partial charge < -0.3 is 32.4 Å². The molecular weight excluding hydrogens is 438 g/mol. The first-order chi connectivity index (χ1) is 14.6. The van der Waals surface area contributed by atoms with Gasteiger partial charge in [-0.3, -0.25) is 4.79 Å². The number of hydrogen-bond acceptors (Lipinski definition) is 8. The molecule has 3 rings (SSSR count). The first kappa shape index (κ1) is 22.5. The van der Waals surface area contributed by atoms with Crippen LogP contribution in [0.4, 0.5) is 22.6 Å². The van der Waals surface area contributed by atoms with Gasteiger partial charge in [-0.2, -0.15) is 0 Å². The highest BCUT2D eigenvalue weighted by atomic mass is 32.1. The monoisotopic (exact) mass is 457 g/mol. The number of allylic oxidation sites excluding steroid dienone is 1. The fraction of sp³-hybridized carbons (Fsp3) is 0.278. The Kier molecular flexibility index (Phi) is 6.45. The van der Waals surface area contributed by atoms with Crippen LogP contribution < -0.4 is 22.1 Å². The van der Waals surface area contributed by atoms with Crippen molar-refractivity contribution in [3.8, 4) is 10.6 Å². The number of benzene rings is 1. The molecule has 1 aromatic heterocycles. The lowest BCUT2D eigenvalue weighted by atomic mass is 10.2. The van der Waals surface area contributed by atoms with Gasteiger partial charge in [0.05, 0.1) is 24.4 Å². The number of nitrogen functional groups attached to an aromatic ring is 1. The fourth-order valence-electron chi connectivity index (χ4n) is 2.93. The first-order valence-corrected chi connectivity index (χ1v) is 9.80. The molecule has 1 aliphatic heterocycles. The van der Waals surface area contributed by atoms with Crippen molar-refractivity contribution in [2.24, 2.45) is 5.73 Å². The fourth-order valence-corrected chi connectivity index (χ4v) is 3.81. The van der Waals surface area contributed by atoms with Gasteiger partial charge in [-0.1, -0.05) is 17.4 Å². The minimum atomic E-state index is -3.06. The van der Waals surface area contributed by atoms with Crippen LogP contribution in [0.15, 0.2) is 29.7 Å². The van der Waals surface area contributed by atoms with E-state index in [1.807, 2.05) is 0 Å². The highest BCUT2D eigenvalue weighted by Gasteiger charge is 2.34. The summed E-state index contributed by atoms with van der Waals surface area (Å²) in [6, 6.07) is 3.26. The molecule has 0 aliphatic carbocycles. The second-order valence-corrected chi connectivity index (χ2v) is 7.71. The van der Waals surface area contributed by atoms with Crippen molar-refractivity contribution in [2.45, 2.75) is 5.92 Å². The maximum absolute atomic E-state index is 14.0. The van der Waals surface area contributed by atoms with Gasteiger partial charge in [0.25, 0.3) is 11.8 Å². The molecule has 166 valence electrons. The smallest absolute Gasteiger partial charge is 0.277 e. The molecule has 8 nitrogen and oxygen atoms in total. The van der Waals surface area contributed by atoms with E-state index in [2.05, 4.69) is 15.6 Å². The van der Waals surface area contributed by atoms with E-state index < -0.39 is 42.1 Å². The van der Waals surface area contributed by atoms with E-state index in [1.165, 1.54) is 6.07 Å². The van der Waals surface area contributed by atoms with Gasteiger partial charge in [0, 0.05) is 19.3 Å². The lowest BCUT2D eigenvalue weighted by molar-refractivity contribution is -0.0121. The van der Waals surface area contributed by atoms with E-state index in [0.29, 0.717) is 17.6 Å².